The zero-order valence-electron chi connectivity index (χ0n) is 9.64. The fourth-order valence-corrected chi connectivity index (χ4v) is 1.37. The molecule has 0 aromatic heterocycles. The van der Waals surface area contributed by atoms with Gasteiger partial charge in [-0.3, -0.25) is 4.90 Å². The Bertz CT molecular complexity index is 222. The summed E-state index contributed by atoms with van der Waals surface area (Å²) in [7, 11) is 0. The maximum absolute atomic E-state index is 12.1. The van der Waals surface area contributed by atoms with E-state index in [2.05, 4.69) is 5.32 Å². The highest BCUT2D eigenvalue weighted by Crippen LogP contribution is 2.16. The molecule has 0 aromatic carbocycles. The minimum absolute atomic E-state index is 0.279. The van der Waals surface area contributed by atoms with Gasteiger partial charge >= 0.3 is 6.18 Å². The van der Waals surface area contributed by atoms with Crippen LogP contribution in [0, 0.1) is 11.3 Å². The van der Waals surface area contributed by atoms with Crippen LogP contribution in [0.3, 0.4) is 0 Å². The van der Waals surface area contributed by atoms with E-state index in [1.54, 1.807) is 6.92 Å². The van der Waals surface area contributed by atoms with Crippen LogP contribution in [-0.4, -0.2) is 43.3 Å². The van der Waals surface area contributed by atoms with Crippen LogP contribution in [0.5, 0.6) is 0 Å². The van der Waals surface area contributed by atoms with Crippen molar-refractivity contribution in [2.24, 2.45) is 0 Å². The van der Waals surface area contributed by atoms with Crippen molar-refractivity contribution in [1.29, 1.82) is 5.26 Å². The molecular weight excluding hydrogens is 219 g/mol. The van der Waals surface area contributed by atoms with Crippen LogP contribution in [0.2, 0.25) is 0 Å². The molecule has 1 unspecified atom stereocenters. The molecule has 1 atom stereocenters. The molecule has 1 N–H and O–H groups in total. The Hall–Kier alpha value is -0.800. The third kappa shape index (κ3) is 7.49. The molecule has 16 heavy (non-hydrogen) atoms. The summed E-state index contributed by atoms with van der Waals surface area (Å²) in [5, 5.41) is 11.6. The third-order valence-corrected chi connectivity index (χ3v) is 2.19. The average Bonchev–Trinajstić information content (AvgIpc) is 2.20. The predicted molar refractivity (Wildman–Crippen MR) is 55.9 cm³/mol. The smallest absolute Gasteiger partial charge is 0.302 e. The predicted octanol–water partition coefficient (Wildman–Crippen LogP) is 1.76. The van der Waals surface area contributed by atoms with Crippen molar-refractivity contribution in [3.05, 3.63) is 0 Å². The second-order valence-electron chi connectivity index (χ2n) is 3.51. The van der Waals surface area contributed by atoms with E-state index >= 15 is 0 Å². The van der Waals surface area contributed by atoms with Gasteiger partial charge in [0.2, 0.25) is 0 Å². The van der Waals surface area contributed by atoms with Crippen molar-refractivity contribution in [2.45, 2.75) is 32.5 Å². The summed E-state index contributed by atoms with van der Waals surface area (Å²) in [4.78, 5) is 1.29. The Kier molecular flexibility index (Phi) is 7.10. The maximum atomic E-state index is 12.1. The summed E-state index contributed by atoms with van der Waals surface area (Å²) in [6.07, 6.45) is -3.76. The molecule has 3 nitrogen and oxygen atoms in total. The second kappa shape index (κ2) is 7.47. The first-order valence-corrected chi connectivity index (χ1v) is 5.35. The van der Waals surface area contributed by atoms with Gasteiger partial charge in [-0.2, -0.15) is 18.4 Å². The van der Waals surface area contributed by atoms with Gasteiger partial charge in [-0.05, 0) is 19.5 Å². The molecule has 94 valence electrons. The summed E-state index contributed by atoms with van der Waals surface area (Å²) in [6.45, 7) is 3.89. The first-order valence-electron chi connectivity index (χ1n) is 5.35. The molecule has 0 aliphatic rings. The van der Waals surface area contributed by atoms with Gasteiger partial charge in [-0.15, -0.1) is 0 Å². The van der Waals surface area contributed by atoms with E-state index < -0.39 is 12.7 Å². The number of nitrogens with one attached hydrogen (secondary N) is 1. The normalized spacial score (nSPS) is 13.8. The fourth-order valence-electron chi connectivity index (χ4n) is 1.37. The lowest BCUT2D eigenvalue weighted by Gasteiger charge is -2.22. The summed E-state index contributed by atoms with van der Waals surface area (Å²) in [5.74, 6) is 0. The van der Waals surface area contributed by atoms with Gasteiger partial charge in [-0.1, -0.05) is 13.8 Å². The van der Waals surface area contributed by atoms with Gasteiger partial charge in [0.15, 0.2) is 0 Å². The third-order valence-electron chi connectivity index (χ3n) is 2.19. The van der Waals surface area contributed by atoms with Crippen molar-refractivity contribution in [3.63, 3.8) is 0 Å². The van der Waals surface area contributed by atoms with E-state index in [1.165, 1.54) is 4.90 Å². The average molecular weight is 237 g/mol. The molecule has 0 aliphatic heterocycles. The van der Waals surface area contributed by atoms with Crippen LogP contribution in [0.1, 0.15) is 20.3 Å². The summed E-state index contributed by atoms with van der Waals surface area (Å²) >= 11 is 0. The molecule has 0 rings (SSSR count). The van der Waals surface area contributed by atoms with E-state index in [9.17, 15) is 13.2 Å². The number of rotatable bonds is 7. The number of nitriles is 1. The minimum atomic E-state index is -4.17. The number of nitrogens with zero attached hydrogens (tertiary/aromatic N) is 2. The quantitative estimate of drug-likeness (QED) is 0.733. The van der Waals surface area contributed by atoms with Crippen LogP contribution in [0.15, 0.2) is 0 Å². The second-order valence-corrected chi connectivity index (χ2v) is 3.51. The molecule has 0 fully saturated rings. The summed E-state index contributed by atoms with van der Waals surface area (Å²) in [6, 6.07) is 1.66. The van der Waals surface area contributed by atoms with E-state index in [4.69, 9.17) is 5.26 Å². The molecule has 0 aliphatic carbocycles. The van der Waals surface area contributed by atoms with Gasteiger partial charge in [0, 0.05) is 6.54 Å². The number of halogens is 3. The SMILES string of the molecule is CCNC(C#N)CCN(CC)CC(F)(F)F. The monoisotopic (exact) mass is 237 g/mol. The van der Waals surface area contributed by atoms with Crippen LogP contribution >= 0.6 is 0 Å². The van der Waals surface area contributed by atoms with Gasteiger partial charge in [-0.25, -0.2) is 0 Å². The van der Waals surface area contributed by atoms with Gasteiger partial charge in [0.1, 0.15) is 0 Å². The molecule has 0 saturated carbocycles. The van der Waals surface area contributed by atoms with E-state index in [-0.39, 0.29) is 12.6 Å². The summed E-state index contributed by atoms with van der Waals surface area (Å²) < 4.78 is 36.4. The molecule has 0 radical (unpaired) electrons. The lowest BCUT2D eigenvalue weighted by Crippen LogP contribution is -2.38. The van der Waals surface area contributed by atoms with Crippen molar-refractivity contribution in [2.75, 3.05) is 26.2 Å². The van der Waals surface area contributed by atoms with Gasteiger partial charge < -0.3 is 5.32 Å². The topological polar surface area (TPSA) is 39.1 Å². The lowest BCUT2D eigenvalue weighted by atomic mass is 10.2. The maximum Gasteiger partial charge on any atom is 0.401 e. The fraction of sp³-hybridized carbons (Fsp3) is 0.900. The van der Waals surface area contributed by atoms with Gasteiger partial charge in [0.25, 0.3) is 0 Å². The standard InChI is InChI=1S/C10H18F3N3/c1-3-15-9(7-14)5-6-16(4-2)8-10(11,12)13/h9,15H,3-6,8H2,1-2H3. The molecule has 0 amide bonds. The van der Waals surface area contributed by atoms with Crippen LogP contribution in [0.25, 0.3) is 0 Å². The number of alkyl halides is 3. The lowest BCUT2D eigenvalue weighted by molar-refractivity contribution is -0.145. The Balaban J connectivity index is 3.99. The Morgan fingerprint density at radius 2 is 2.00 bits per heavy atom. The zero-order chi connectivity index (χ0) is 12.6. The Morgan fingerprint density at radius 1 is 1.38 bits per heavy atom. The number of hydrogen-bond acceptors (Lipinski definition) is 3. The van der Waals surface area contributed by atoms with E-state index in [0.717, 1.165) is 0 Å². The van der Waals surface area contributed by atoms with Gasteiger partial charge in [0.05, 0.1) is 18.7 Å². The highest BCUT2D eigenvalue weighted by atomic mass is 19.4. The first kappa shape index (κ1) is 15.2. The van der Waals surface area contributed by atoms with E-state index in [0.29, 0.717) is 19.5 Å². The first-order chi connectivity index (χ1) is 7.42. The molecular formula is C10H18F3N3. The van der Waals surface area contributed by atoms with Crippen LogP contribution in [-0.2, 0) is 0 Å². The largest absolute Gasteiger partial charge is 0.401 e. The molecule has 0 heterocycles. The summed E-state index contributed by atoms with van der Waals surface area (Å²) in [5.41, 5.74) is 0. The number of hydrogen-bond donors (Lipinski definition) is 1. The highest BCUT2D eigenvalue weighted by Gasteiger charge is 2.30. The molecule has 0 aromatic rings. The van der Waals surface area contributed by atoms with Crippen molar-refractivity contribution in [3.8, 4) is 6.07 Å². The molecule has 6 heteroatoms. The molecule has 0 spiro atoms. The van der Waals surface area contributed by atoms with Crippen molar-refractivity contribution in [1.82, 2.24) is 10.2 Å². The molecule has 0 saturated heterocycles. The van der Waals surface area contributed by atoms with Crippen molar-refractivity contribution < 1.29 is 13.2 Å². The van der Waals surface area contributed by atoms with Crippen LogP contribution < -0.4 is 5.32 Å². The van der Waals surface area contributed by atoms with Crippen molar-refractivity contribution >= 4 is 0 Å². The Morgan fingerprint density at radius 3 is 2.38 bits per heavy atom. The molecule has 0 bridgehead atoms. The minimum Gasteiger partial charge on any atom is -0.302 e. The Labute approximate surface area is 94.2 Å². The highest BCUT2D eigenvalue weighted by molar-refractivity contribution is 4.89. The van der Waals surface area contributed by atoms with E-state index in [1.807, 2.05) is 13.0 Å². The zero-order valence-corrected chi connectivity index (χ0v) is 9.64. The van der Waals surface area contributed by atoms with Crippen LogP contribution in [0.4, 0.5) is 13.2 Å².